The highest BCUT2D eigenvalue weighted by Gasteiger charge is 2.33. The highest BCUT2D eigenvalue weighted by molar-refractivity contribution is 5.03. The van der Waals surface area contributed by atoms with Gasteiger partial charge in [0.25, 0.3) is 5.56 Å². The third-order valence-corrected chi connectivity index (χ3v) is 3.47. The molecule has 0 aromatic carbocycles. The number of aliphatic hydroxyl groups is 1. The number of nitrogens with one attached hydrogen (secondary N) is 1. The van der Waals surface area contributed by atoms with Gasteiger partial charge in [0.05, 0.1) is 6.10 Å². The van der Waals surface area contributed by atoms with Crippen LogP contribution in [-0.4, -0.2) is 27.3 Å². The summed E-state index contributed by atoms with van der Waals surface area (Å²) in [6.07, 6.45) is 2.26. The molecule has 1 aromatic heterocycles. The maximum absolute atomic E-state index is 11.7. The second-order valence-electron chi connectivity index (χ2n) is 4.67. The second-order valence-corrected chi connectivity index (χ2v) is 4.67. The Labute approximate surface area is 98.1 Å². The Balaban J connectivity index is 2.34. The lowest BCUT2D eigenvalue weighted by atomic mass is 10.1. The maximum Gasteiger partial charge on any atom is 0.328 e. The molecule has 0 spiro atoms. The average Bonchev–Trinajstić information content (AvgIpc) is 2.65. The predicted molar refractivity (Wildman–Crippen MR) is 62.9 cm³/mol. The number of aromatic nitrogens is 2. The van der Waals surface area contributed by atoms with Gasteiger partial charge in [-0.15, -0.1) is 0 Å². The van der Waals surface area contributed by atoms with Crippen LogP contribution in [0.5, 0.6) is 0 Å². The van der Waals surface area contributed by atoms with Crippen molar-refractivity contribution in [2.45, 2.75) is 31.9 Å². The molecule has 1 aliphatic rings. The Morgan fingerprint density at radius 2 is 2.24 bits per heavy atom. The van der Waals surface area contributed by atoms with Gasteiger partial charge >= 0.3 is 5.69 Å². The van der Waals surface area contributed by atoms with Crippen molar-refractivity contribution in [1.82, 2.24) is 9.55 Å². The molecular weight excluding hydrogens is 222 g/mol. The van der Waals surface area contributed by atoms with Crippen molar-refractivity contribution in [3.05, 3.63) is 32.6 Å². The normalized spacial score (nSPS) is 28.5. The smallest absolute Gasteiger partial charge is 0.328 e. The van der Waals surface area contributed by atoms with Gasteiger partial charge in [0.2, 0.25) is 0 Å². The summed E-state index contributed by atoms with van der Waals surface area (Å²) in [7, 11) is 0. The molecule has 1 saturated carbocycles. The number of aliphatic hydroxyl groups excluding tert-OH is 1. The SMILES string of the molecule is Cc1cn(C2CC(O)C(CN)C2)c(=O)[nH]c1=O. The molecule has 1 heterocycles. The van der Waals surface area contributed by atoms with E-state index in [-0.39, 0.29) is 17.5 Å². The van der Waals surface area contributed by atoms with Crippen LogP contribution in [0.4, 0.5) is 0 Å². The van der Waals surface area contributed by atoms with Crippen LogP contribution in [0, 0.1) is 12.8 Å². The van der Waals surface area contributed by atoms with E-state index in [1.165, 1.54) is 4.57 Å². The Hall–Kier alpha value is -1.40. The Kier molecular flexibility index (Phi) is 3.17. The van der Waals surface area contributed by atoms with E-state index in [0.717, 1.165) is 0 Å². The number of nitrogens with zero attached hydrogens (tertiary/aromatic N) is 1. The Morgan fingerprint density at radius 1 is 1.53 bits per heavy atom. The molecular formula is C11H17N3O3. The molecule has 1 aromatic rings. The molecule has 0 aliphatic heterocycles. The molecule has 17 heavy (non-hydrogen) atoms. The van der Waals surface area contributed by atoms with E-state index in [9.17, 15) is 14.7 Å². The average molecular weight is 239 g/mol. The topological polar surface area (TPSA) is 101 Å². The molecule has 6 nitrogen and oxygen atoms in total. The van der Waals surface area contributed by atoms with Crippen molar-refractivity contribution in [3.8, 4) is 0 Å². The van der Waals surface area contributed by atoms with Crippen molar-refractivity contribution < 1.29 is 5.11 Å². The number of rotatable bonds is 2. The Morgan fingerprint density at radius 3 is 2.82 bits per heavy atom. The third kappa shape index (κ3) is 2.18. The first-order chi connectivity index (χ1) is 8.02. The van der Waals surface area contributed by atoms with Gasteiger partial charge in [0.1, 0.15) is 0 Å². The van der Waals surface area contributed by atoms with Gasteiger partial charge in [-0.3, -0.25) is 14.3 Å². The van der Waals surface area contributed by atoms with Crippen molar-refractivity contribution in [2.24, 2.45) is 11.7 Å². The number of nitrogens with two attached hydrogens (primary N) is 1. The van der Waals surface area contributed by atoms with Gasteiger partial charge in [-0.25, -0.2) is 4.79 Å². The van der Waals surface area contributed by atoms with Crippen LogP contribution >= 0.6 is 0 Å². The van der Waals surface area contributed by atoms with E-state index in [1.54, 1.807) is 13.1 Å². The van der Waals surface area contributed by atoms with Gasteiger partial charge in [-0.05, 0) is 32.2 Å². The summed E-state index contributed by atoms with van der Waals surface area (Å²) in [6.45, 7) is 2.06. The predicted octanol–water partition coefficient (Wildman–Crippen LogP) is -0.884. The summed E-state index contributed by atoms with van der Waals surface area (Å²) < 4.78 is 1.50. The molecule has 94 valence electrons. The van der Waals surface area contributed by atoms with Crippen LogP contribution in [0.2, 0.25) is 0 Å². The maximum atomic E-state index is 11.7. The molecule has 2 rings (SSSR count). The number of aryl methyl sites for hydroxylation is 1. The van der Waals surface area contributed by atoms with Gasteiger partial charge in [0, 0.05) is 17.8 Å². The fraction of sp³-hybridized carbons (Fsp3) is 0.636. The first-order valence-corrected chi connectivity index (χ1v) is 5.73. The first kappa shape index (κ1) is 12.1. The first-order valence-electron chi connectivity index (χ1n) is 5.73. The number of hydrogen-bond donors (Lipinski definition) is 3. The van der Waals surface area contributed by atoms with Gasteiger partial charge in [0.15, 0.2) is 0 Å². The molecule has 6 heteroatoms. The molecule has 0 bridgehead atoms. The monoisotopic (exact) mass is 239 g/mol. The summed E-state index contributed by atoms with van der Waals surface area (Å²) >= 11 is 0. The molecule has 3 unspecified atom stereocenters. The van der Waals surface area contributed by atoms with Gasteiger partial charge in [-0.1, -0.05) is 0 Å². The molecule has 1 aliphatic carbocycles. The van der Waals surface area contributed by atoms with Crippen molar-refractivity contribution >= 4 is 0 Å². The minimum atomic E-state index is -0.468. The van der Waals surface area contributed by atoms with Crippen LogP contribution in [-0.2, 0) is 0 Å². The summed E-state index contributed by atoms with van der Waals surface area (Å²) in [5, 5.41) is 9.77. The highest BCUT2D eigenvalue weighted by Crippen LogP contribution is 2.33. The van der Waals surface area contributed by atoms with Crippen LogP contribution < -0.4 is 17.0 Å². The number of aromatic amines is 1. The van der Waals surface area contributed by atoms with Crippen molar-refractivity contribution in [3.63, 3.8) is 0 Å². The van der Waals surface area contributed by atoms with E-state index in [4.69, 9.17) is 5.73 Å². The minimum Gasteiger partial charge on any atom is -0.393 e. The minimum absolute atomic E-state index is 0.0270. The molecule has 0 radical (unpaired) electrons. The standard InChI is InChI=1S/C11H17N3O3/c1-6-5-14(11(17)13-10(6)16)8-2-7(4-12)9(15)3-8/h5,7-9,15H,2-4,12H2,1H3,(H,13,16,17). The van der Waals surface area contributed by atoms with Gasteiger partial charge < -0.3 is 10.8 Å². The largest absolute Gasteiger partial charge is 0.393 e. The zero-order valence-electron chi connectivity index (χ0n) is 9.72. The Bertz CT molecular complexity index is 519. The van der Waals surface area contributed by atoms with Crippen molar-refractivity contribution in [1.29, 1.82) is 0 Å². The fourth-order valence-corrected chi connectivity index (χ4v) is 2.41. The lowest BCUT2D eigenvalue weighted by Crippen LogP contribution is -2.32. The van der Waals surface area contributed by atoms with Gasteiger partial charge in [-0.2, -0.15) is 0 Å². The lowest BCUT2D eigenvalue weighted by Gasteiger charge is -2.13. The number of hydrogen-bond acceptors (Lipinski definition) is 4. The third-order valence-electron chi connectivity index (χ3n) is 3.47. The second kappa shape index (κ2) is 4.46. The molecule has 0 saturated heterocycles. The summed E-state index contributed by atoms with van der Waals surface area (Å²) in [5.74, 6) is 0.0270. The highest BCUT2D eigenvalue weighted by atomic mass is 16.3. The zero-order chi connectivity index (χ0) is 12.6. The lowest BCUT2D eigenvalue weighted by molar-refractivity contribution is 0.135. The van der Waals surface area contributed by atoms with E-state index >= 15 is 0 Å². The zero-order valence-corrected chi connectivity index (χ0v) is 9.72. The molecule has 4 N–H and O–H groups in total. The van der Waals surface area contributed by atoms with E-state index < -0.39 is 11.8 Å². The summed E-state index contributed by atoms with van der Waals surface area (Å²) in [6, 6.07) is -0.0819. The van der Waals surface area contributed by atoms with Crippen LogP contribution in [0.1, 0.15) is 24.4 Å². The van der Waals surface area contributed by atoms with E-state index in [2.05, 4.69) is 4.98 Å². The summed E-state index contributed by atoms with van der Waals surface area (Å²) in [4.78, 5) is 25.2. The molecule has 1 fully saturated rings. The van der Waals surface area contributed by atoms with Crippen LogP contribution in [0.3, 0.4) is 0 Å². The molecule has 0 amide bonds. The van der Waals surface area contributed by atoms with Crippen LogP contribution in [0.15, 0.2) is 15.8 Å². The van der Waals surface area contributed by atoms with E-state index in [1.807, 2.05) is 0 Å². The quantitative estimate of drug-likeness (QED) is 0.623. The fourth-order valence-electron chi connectivity index (χ4n) is 2.41. The summed E-state index contributed by atoms with van der Waals surface area (Å²) in [5.41, 5.74) is 5.27. The van der Waals surface area contributed by atoms with Crippen LogP contribution in [0.25, 0.3) is 0 Å². The van der Waals surface area contributed by atoms with Crippen molar-refractivity contribution in [2.75, 3.05) is 6.54 Å². The number of H-pyrrole nitrogens is 1. The van der Waals surface area contributed by atoms with E-state index in [0.29, 0.717) is 24.9 Å². The molecule has 3 atom stereocenters.